The number of nitrogens with two attached hydrogens (primary N) is 1. The van der Waals surface area contributed by atoms with Gasteiger partial charge in [0.15, 0.2) is 0 Å². The van der Waals surface area contributed by atoms with Crippen LogP contribution in [0.2, 0.25) is 0 Å². The van der Waals surface area contributed by atoms with Crippen LogP contribution in [0.3, 0.4) is 0 Å². The molecule has 0 fully saturated rings. The van der Waals surface area contributed by atoms with E-state index < -0.39 is 0 Å². The van der Waals surface area contributed by atoms with Crippen LogP contribution in [0.1, 0.15) is 5.82 Å². The minimum atomic E-state index is -0.322. The van der Waals surface area contributed by atoms with Gasteiger partial charge >= 0.3 is 0 Å². The van der Waals surface area contributed by atoms with E-state index in [1.54, 1.807) is 16.7 Å². The highest BCUT2D eigenvalue weighted by Gasteiger charge is 2.14. The summed E-state index contributed by atoms with van der Waals surface area (Å²) in [4.78, 5) is 4.37. The molecular weight excluding hydrogens is 297 g/mol. The van der Waals surface area contributed by atoms with Crippen LogP contribution in [-0.4, -0.2) is 9.55 Å². The Morgan fingerprint density at radius 3 is 2.89 bits per heavy atom. The first-order valence-corrected chi connectivity index (χ1v) is 6.05. The predicted molar refractivity (Wildman–Crippen MR) is 73.3 cm³/mol. The predicted octanol–water partition coefficient (Wildman–Crippen LogP) is 2.98. The average molecular weight is 308 g/mol. The minimum absolute atomic E-state index is 0.322. The second kappa shape index (κ2) is 4.83. The summed E-state index contributed by atoms with van der Waals surface area (Å²) in [6.45, 7) is 2.20. The third-order valence-electron chi connectivity index (χ3n) is 2.64. The van der Waals surface area contributed by atoms with Gasteiger partial charge in [-0.15, -0.1) is 6.42 Å². The lowest BCUT2D eigenvalue weighted by Crippen LogP contribution is -2.03. The molecule has 2 aromatic rings. The molecule has 92 valence electrons. The smallest absolute Gasteiger partial charge is 0.137 e. The number of terminal acetylenes is 1. The number of aryl methyl sites for hydroxylation is 1. The summed E-state index contributed by atoms with van der Waals surface area (Å²) in [5.74, 6) is 3.43. The molecule has 1 aromatic carbocycles. The molecule has 0 saturated heterocycles. The van der Waals surface area contributed by atoms with Crippen LogP contribution < -0.4 is 5.73 Å². The summed E-state index contributed by atoms with van der Waals surface area (Å²) >= 11 is 3.14. The Labute approximate surface area is 113 Å². The van der Waals surface area contributed by atoms with E-state index in [9.17, 15) is 4.39 Å². The van der Waals surface area contributed by atoms with Gasteiger partial charge in [-0.1, -0.05) is 5.92 Å². The van der Waals surface area contributed by atoms with E-state index in [1.165, 1.54) is 6.07 Å². The summed E-state index contributed by atoms with van der Waals surface area (Å²) in [6.07, 6.45) is 5.28. The van der Waals surface area contributed by atoms with Crippen molar-refractivity contribution in [2.45, 2.75) is 13.5 Å². The van der Waals surface area contributed by atoms with Gasteiger partial charge in [0.2, 0.25) is 0 Å². The molecule has 0 radical (unpaired) electrons. The maximum atomic E-state index is 13.2. The summed E-state index contributed by atoms with van der Waals surface area (Å²) in [6, 6.07) is 4.65. The second-order valence-electron chi connectivity index (χ2n) is 3.81. The first kappa shape index (κ1) is 12.7. The van der Waals surface area contributed by atoms with Crippen LogP contribution in [-0.2, 0) is 6.54 Å². The number of benzene rings is 1. The Bertz CT molecular complexity index is 640. The maximum Gasteiger partial charge on any atom is 0.137 e. The summed E-state index contributed by atoms with van der Waals surface area (Å²) in [7, 11) is 0. The van der Waals surface area contributed by atoms with Crippen molar-refractivity contribution in [1.29, 1.82) is 0 Å². The van der Waals surface area contributed by atoms with E-state index in [-0.39, 0.29) is 5.82 Å². The minimum Gasteiger partial charge on any atom is -0.383 e. The molecule has 5 heteroatoms. The Balaban J connectivity index is 2.55. The highest BCUT2D eigenvalue weighted by atomic mass is 79.9. The van der Waals surface area contributed by atoms with Crippen molar-refractivity contribution in [3.05, 3.63) is 34.3 Å². The third-order valence-corrected chi connectivity index (χ3v) is 3.25. The molecule has 2 rings (SSSR count). The van der Waals surface area contributed by atoms with E-state index in [1.807, 2.05) is 6.92 Å². The molecule has 0 spiro atoms. The van der Waals surface area contributed by atoms with E-state index in [4.69, 9.17) is 12.2 Å². The molecule has 0 bridgehead atoms. The molecule has 0 aliphatic carbocycles. The van der Waals surface area contributed by atoms with E-state index in [0.717, 1.165) is 11.4 Å². The first-order valence-electron chi connectivity index (χ1n) is 5.26. The van der Waals surface area contributed by atoms with Crippen LogP contribution in [0, 0.1) is 25.1 Å². The molecule has 0 aliphatic heterocycles. The Morgan fingerprint density at radius 2 is 2.28 bits per heavy atom. The van der Waals surface area contributed by atoms with Gasteiger partial charge in [-0.05, 0) is 41.1 Å². The molecular formula is C13H11BrFN3. The number of rotatable bonds is 2. The zero-order valence-electron chi connectivity index (χ0n) is 9.74. The number of anilines is 1. The van der Waals surface area contributed by atoms with Crippen molar-refractivity contribution in [3.63, 3.8) is 0 Å². The van der Waals surface area contributed by atoms with Gasteiger partial charge in [-0.3, -0.25) is 0 Å². The molecule has 2 N–H and O–H groups in total. The average Bonchev–Trinajstić information content (AvgIpc) is 2.61. The van der Waals surface area contributed by atoms with Crippen molar-refractivity contribution in [1.82, 2.24) is 9.55 Å². The fraction of sp³-hybridized carbons (Fsp3) is 0.154. The molecule has 0 aliphatic rings. The Kier molecular flexibility index (Phi) is 3.39. The highest BCUT2D eigenvalue weighted by molar-refractivity contribution is 9.10. The van der Waals surface area contributed by atoms with E-state index in [0.29, 0.717) is 22.5 Å². The number of imidazole rings is 1. The third kappa shape index (κ3) is 2.12. The number of nitrogen functional groups attached to an aromatic ring is 1. The van der Waals surface area contributed by atoms with Crippen LogP contribution in [0.25, 0.3) is 11.3 Å². The normalized spacial score (nSPS) is 10.3. The monoisotopic (exact) mass is 307 g/mol. The summed E-state index contributed by atoms with van der Waals surface area (Å²) < 4.78 is 15.3. The molecule has 0 atom stereocenters. The molecule has 0 saturated carbocycles. The van der Waals surface area contributed by atoms with Crippen LogP contribution in [0.4, 0.5) is 10.2 Å². The Hall–Kier alpha value is -1.80. The van der Waals surface area contributed by atoms with Gasteiger partial charge in [0.25, 0.3) is 0 Å². The first-order chi connectivity index (χ1) is 8.54. The number of nitrogens with zero attached hydrogens (tertiary/aromatic N) is 2. The molecule has 1 heterocycles. The quantitative estimate of drug-likeness (QED) is 0.867. The van der Waals surface area contributed by atoms with Gasteiger partial charge in [-0.2, -0.15) is 0 Å². The lowest BCUT2D eigenvalue weighted by atomic mass is 10.1. The Morgan fingerprint density at radius 1 is 1.56 bits per heavy atom. The van der Waals surface area contributed by atoms with E-state index in [2.05, 4.69) is 26.8 Å². The SMILES string of the molecule is C#CCn1c(C)nc(-c2ccc(F)c(Br)c2)c1N. The van der Waals surface area contributed by atoms with Crippen molar-refractivity contribution >= 4 is 21.7 Å². The topological polar surface area (TPSA) is 43.8 Å². The van der Waals surface area contributed by atoms with Crippen LogP contribution in [0.15, 0.2) is 22.7 Å². The lowest BCUT2D eigenvalue weighted by molar-refractivity contribution is 0.621. The summed E-state index contributed by atoms with van der Waals surface area (Å²) in [5, 5.41) is 0. The molecule has 3 nitrogen and oxygen atoms in total. The van der Waals surface area contributed by atoms with Gasteiger partial charge < -0.3 is 10.3 Å². The standard InChI is InChI=1S/C13H11BrFN3/c1-3-6-18-8(2)17-12(13(18)16)9-4-5-11(15)10(14)7-9/h1,4-5,7H,6,16H2,2H3. The zero-order valence-corrected chi connectivity index (χ0v) is 11.3. The molecule has 0 unspecified atom stereocenters. The van der Waals surface area contributed by atoms with Crippen molar-refractivity contribution in [2.24, 2.45) is 0 Å². The fourth-order valence-electron chi connectivity index (χ4n) is 1.73. The number of hydrogen-bond donors (Lipinski definition) is 1. The molecule has 0 amide bonds. The van der Waals surface area contributed by atoms with Crippen LogP contribution in [0.5, 0.6) is 0 Å². The number of hydrogen-bond acceptors (Lipinski definition) is 2. The number of halogens is 2. The molecule has 18 heavy (non-hydrogen) atoms. The lowest BCUT2D eigenvalue weighted by Gasteiger charge is -2.03. The van der Waals surface area contributed by atoms with Crippen molar-refractivity contribution in [3.8, 4) is 23.6 Å². The zero-order chi connectivity index (χ0) is 13.3. The second-order valence-corrected chi connectivity index (χ2v) is 4.67. The highest BCUT2D eigenvalue weighted by Crippen LogP contribution is 2.29. The van der Waals surface area contributed by atoms with Gasteiger partial charge in [-0.25, -0.2) is 9.37 Å². The van der Waals surface area contributed by atoms with E-state index >= 15 is 0 Å². The fourth-order valence-corrected chi connectivity index (χ4v) is 2.11. The van der Waals surface area contributed by atoms with Crippen molar-refractivity contribution in [2.75, 3.05) is 5.73 Å². The van der Waals surface area contributed by atoms with Crippen LogP contribution >= 0.6 is 15.9 Å². The number of aromatic nitrogens is 2. The largest absolute Gasteiger partial charge is 0.383 e. The van der Waals surface area contributed by atoms with Gasteiger partial charge in [0.05, 0.1) is 11.0 Å². The van der Waals surface area contributed by atoms with Gasteiger partial charge in [0.1, 0.15) is 23.2 Å². The molecule has 1 aromatic heterocycles. The maximum absolute atomic E-state index is 13.2. The van der Waals surface area contributed by atoms with Gasteiger partial charge in [0, 0.05) is 5.56 Å². The van der Waals surface area contributed by atoms with Crippen molar-refractivity contribution < 1.29 is 4.39 Å². The summed E-state index contributed by atoms with van der Waals surface area (Å²) in [5.41, 5.74) is 7.37.